The number of non-ortho nitro benzene ring substituents is 1. The molecule has 3 rings (SSSR count). The van der Waals surface area contributed by atoms with Crippen LogP contribution < -0.4 is 0 Å². The van der Waals surface area contributed by atoms with Crippen LogP contribution in [-0.4, -0.2) is 10.7 Å². The Labute approximate surface area is 172 Å². The van der Waals surface area contributed by atoms with Gasteiger partial charge in [0.25, 0.3) is 5.69 Å². The summed E-state index contributed by atoms with van der Waals surface area (Å²) in [6.45, 7) is 6.26. The number of benzene rings is 2. The van der Waals surface area contributed by atoms with Crippen molar-refractivity contribution in [3.05, 3.63) is 99.1 Å². The Morgan fingerprint density at radius 3 is 2.34 bits per heavy atom. The number of rotatable bonds is 6. The van der Waals surface area contributed by atoms with Gasteiger partial charge in [0.2, 0.25) is 0 Å². The maximum absolute atomic E-state index is 13.6. The first-order valence-electron chi connectivity index (χ1n) is 10.0. The molecule has 3 atom stereocenters. The van der Waals surface area contributed by atoms with Gasteiger partial charge in [0.05, 0.1) is 4.92 Å². The number of carbonyl (C=O) groups is 1. The number of hydrogen-bond donors (Lipinski definition) is 0. The van der Waals surface area contributed by atoms with Crippen LogP contribution in [0.3, 0.4) is 0 Å². The molecule has 1 aliphatic rings. The van der Waals surface area contributed by atoms with E-state index in [2.05, 4.69) is 32.9 Å². The third kappa shape index (κ3) is 4.70. The Bertz CT molecular complexity index is 938. The zero-order valence-electron chi connectivity index (χ0n) is 17.2. The van der Waals surface area contributed by atoms with Gasteiger partial charge in [-0.15, -0.1) is 0 Å². The lowest BCUT2D eigenvalue weighted by molar-refractivity contribution is -0.384. The molecular weight excluding hydrogens is 362 g/mol. The number of carbonyl (C=O) groups excluding carboxylic acids is 1. The standard InChI is InChI=1S/C25H27NO3/c1-17(2)9-15-22-18(3)10-16-23(19-11-13-21(14-12-19)26(28)29)24(22)25(27)20-7-5-4-6-8-20/h4-14,22-24H,15-16H2,1-3H3/t22-,23+,24-/m1/s1. The van der Waals surface area contributed by atoms with Gasteiger partial charge in [0.1, 0.15) is 0 Å². The van der Waals surface area contributed by atoms with Gasteiger partial charge in [-0.2, -0.15) is 0 Å². The second-order valence-electron chi connectivity index (χ2n) is 8.02. The molecule has 0 radical (unpaired) electrons. The van der Waals surface area contributed by atoms with Crippen LogP contribution in [0.2, 0.25) is 0 Å². The lowest BCUT2D eigenvalue weighted by atomic mass is 9.66. The van der Waals surface area contributed by atoms with Crippen LogP contribution in [0.15, 0.2) is 77.9 Å². The molecule has 29 heavy (non-hydrogen) atoms. The van der Waals surface area contributed by atoms with Gasteiger partial charge in [0.15, 0.2) is 5.78 Å². The highest BCUT2D eigenvalue weighted by molar-refractivity contribution is 5.99. The number of nitro groups is 1. The van der Waals surface area contributed by atoms with Crippen LogP contribution in [0.5, 0.6) is 0 Å². The molecule has 4 nitrogen and oxygen atoms in total. The van der Waals surface area contributed by atoms with E-state index in [1.807, 2.05) is 30.3 Å². The minimum atomic E-state index is -0.390. The molecule has 0 amide bonds. The van der Waals surface area contributed by atoms with Crippen molar-refractivity contribution in [2.75, 3.05) is 0 Å². The van der Waals surface area contributed by atoms with Crippen molar-refractivity contribution < 1.29 is 9.72 Å². The van der Waals surface area contributed by atoms with Gasteiger partial charge < -0.3 is 0 Å². The number of allylic oxidation sites excluding steroid dienone is 4. The summed E-state index contributed by atoms with van der Waals surface area (Å²) in [5, 5.41) is 11.0. The third-order valence-electron chi connectivity index (χ3n) is 5.82. The molecule has 0 aliphatic heterocycles. The molecule has 1 aliphatic carbocycles. The van der Waals surface area contributed by atoms with E-state index in [0.717, 1.165) is 24.0 Å². The maximum Gasteiger partial charge on any atom is 0.269 e. The van der Waals surface area contributed by atoms with Gasteiger partial charge in [0, 0.05) is 23.6 Å². The largest absolute Gasteiger partial charge is 0.294 e. The summed E-state index contributed by atoms with van der Waals surface area (Å²) in [6, 6.07) is 16.1. The fourth-order valence-electron chi connectivity index (χ4n) is 4.22. The van der Waals surface area contributed by atoms with Crippen molar-refractivity contribution in [3.63, 3.8) is 0 Å². The lowest BCUT2D eigenvalue weighted by Gasteiger charge is -2.37. The molecule has 2 aromatic carbocycles. The van der Waals surface area contributed by atoms with Crippen LogP contribution in [0, 0.1) is 22.0 Å². The number of hydrogen-bond acceptors (Lipinski definition) is 3. The minimum Gasteiger partial charge on any atom is -0.294 e. The molecule has 150 valence electrons. The Kier molecular flexibility index (Phi) is 6.42. The molecule has 4 heteroatoms. The fraction of sp³-hybridized carbons (Fsp3) is 0.320. The predicted molar refractivity (Wildman–Crippen MR) is 116 cm³/mol. The Morgan fingerprint density at radius 1 is 1.10 bits per heavy atom. The Morgan fingerprint density at radius 2 is 1.76 bits per heavy atom. The summed E-state index contributed by atoms with van der Waals surface area (Å²) in [6.07, 6.45) is 6.01. The fourth-order valence-corrected chi connectivity index (χ4v) is 4.22. The van der Waals surface area contributed by atoms with E-state index in [1.165, 1.54) is 23.3 Å². The highest BCUT2D eigenvalue weighted by Gasteiger charge is 2.39. The molecular formula is C25H27NO3. The third-order valence-corrected chi connectivity index (χ3v) is 5.82. The number of Topliss-reactive ketones (excluding diaryl/α,β-unsaturated/α-hetero) is 1. The molecule has 0 saturated carbocycles. The Hall–Kier alpha value is -3.01. The SMILES string of the molecule is CC(C)=CC[C@@H]1C(C)=CC[C@@H](c2ccc([N+](=O)[O-])cc2)[C@@H]1C(=O)c1ccccc1. The van der Waals surface area contributed by atoms with Gasteiger partial charge in [-0.1, -0.05) is 65.8 Å². The highest BCUT2D eigenvalue weighted by Crippen LogP contribution is 2.44. The minimum absolute atomic E-state index is 0.00257. The zero-order valence-corrected chi connectivity index (χ0v) is 17.2. The summed E-state index contributed by atoms with van der Waals surface area (Å²) in [5.74, 6) is 0.0716. The summed E-state index contributed by atoms with van der Waals surface area (Å²) in [5.41, 5.74) is 4.26. The van der Waals surface area contributed by atoms with Crippen LogP contribution >= 0.6 is 0 Å². The maximum atomic E-state index is 13.6. The van der Waals surface area contributed by atoms with Crippen molar-refractivity contribution in [2.24, 2.45) is 11.8 Å². The average molecular weight is 389 g/mol. The Balaban J connectivity index is 2.03. The van der Waals surface area contributed by atoms with Gasteiger partial charge >= 0.3 is 0 Å². The van der Waals surface area contributed by atoms with E-state index in [4.69, 9.17) is 0 Å². The van der Waals surface area contributed by atoms with E-state index in [9.17, 15) is 14.9 Å². The van der Waals surface area contributed by atoms with Crippen LogP contribution in [-0.2, 0) is 0 Å². The number of ketones is 1. The second kappa shape index (κ2) is 8.99. The number of nitrogens with zero attached hydrogens (tertiary/aromatic N) is 1. The molecule has 0 fully saturated rings. The normalized spacial score (nSPS) is 21.2. The van der Waals surface area contributed by atoms with Crippen molar-refractivity contribution in [1.29, 1.82) is 0 Å². The second-order valence-corrected chi connectivity index (χ2v) is 8.02. The molecule has 0 bridgehead atoms. The number of nitro benzene ring substituents is 1. The molecule has 2 aromatic rings. The first-order chi connectivity index (χ1) is 13.9. The van der Waals surface area contributed by atoms with E-state index in [-0.39, 0.29) is 34.1 Å². The highest BCUT2D eigenvalue weighted by atomic mass is 16.6. The van der Waals surface area contributed by atoms with E-state index < -0.39 is 0 Å². The van der Waals surface area contributed by atoms with Crippen LogP contribution in [0.4, 0.5) is 5.69 Å². The molecule has 0 spiro atoms. The van der Waals surface area contributed by atoms with Gasteiger partial charge in [-0.05, 0) is 51.0 Å². The van der Waals surface area contributed by atoms with Crippen molar-refractivity contribution in [1.82, 2.24) is 0 Å². The lowest BCUT2D eigenvalue weighted by Crippen LogP contribution is -2.33. The van der Waals surface area contributed by atoms with E-state index in [0.29, 0.717) is 0 Å². The van der Waals surface area contributed by atoms with E-state index in [1.54, 1.807) is 12.1 Å². The van der Waals surface area contributed by atoms with Gasteiger partial charge in [-0.3, -0.25) is 14.9 Å². The van der Waals surface area contributed by atoms with Crippen molar-refractivity contribution >= 4 is 11.5 Å². The van der Waals surface area contributed by atoms with Gasteiger partial charge in [-0.25, -0.2) is 0 Å². The summed E-state index contributed by atoms with van der Waals surface area (Å²) in [4.78, 5) is 24.2. The van der Waals surface area contributed by atoms with Crippen molar-refractivity contribution in [2.45, 2.75) is 39.5 Å². The summed E-state index contributed by atoms with van der Waals surface area (Å²) >= 11 is 0. The zero-order chi connectivity index (χ0) is 21.0. The smallest absolute Gasteiger partial charge is 0.269 e. The van der Waals surface area contributed by atoms with Crippen LogP contribution in [0.1, 0.15) is 55.5 Å². The molecule has 0 unspecified atom stereocenters. The first kappa shape index (κ1) is 20.7. The average Bonchev–Trinajstić information content (AvgIpc) is 2.72. The molecule has 0 saturated heterocycles. The summed E-state index contributed by atoms with van der Waals surface area (Å²) < 4.78 is 0. The summed E-state index contributed by atoms with van der Waals surface area (Å²) in [7, 11) is 0. The quantitative estimate of drug-likeness (QED) is 0.245. The van der Waals surface area contributed by atoms with Crippen LogP contribution in [0.25, 0.3) is 0 Å². The molecule has 0 heterocycles. The topological polar surface area (TPSA) is 60.2 Å². The predicted octanol–water partition coefficient (Wildman–Crippen LogP) is 6.50. The van der Waals surface area contributed by atoms with E-state index >= 15 is 0 Å². The monoisotopic (exact) mass is 389 g/mol. The molecule has 0 aromatic heterocycles. The molecule has 0 N–H and O–H groups in total. The van der Waals surface area contributed by atoms with Crippen molar-refractivity contribution in [3.8, 4) is 0 Å². The first-order valence-corrected chi connectivity index (χ1v) is 10.0.